The minimum absolute atomic E-state index is 0.151. The van der Waals surface area contributed by atoms with E-state index in [4.69, 9.17) is 0 Å². The van der Waals surface area contributed by atoms with Gasteiger partial charge in [-0.05, 0) is 12.1 Å². The highest BCUT2D eigenvalue weighted by molar-refractivity contribution is 6.28. The topological polar surface area (TPSA) is 34.1 Å². The van der Waals surface area contributed by atoms with Crippen LogP contribution in [-0.4, -0.2) is 11.6 Å². The number of carbonyl (C=O) groups is 2. The molecule has 0 spiro atoms. The van der Waals surface area contributed by atoms with Gasteiger partial charge in [-0.3, -0.25) is 9.59 Å². The molecule has 0 unspecified atom stereocenters. The molecule has 0 amide bonds. The van der Waals surface area contributed by atoms with Crippen molar-refractivity contribution in [1.29, 1.82) is 0 Å². The summed E-state index contributed by atoms with van der Waals surface area (Å²) >= 11 is 0. The molecule has 74 valence electrons. The van der Waals surface area contributed by atoms with Crippen molar-refractivity contribution in [1.82, 2.24) is 0 Å². The number of benzene rings is 2. The minimum atomic E-state index is -0.151. The first-order chi connectivity index (χ1) is 7.79. The Hall–Kier alpha value is -2.22. The highest BCUT2D eigenvalue weighted by atomic mass is 16.1. The second-order valence-electron chi connectivity index (χ2n) is 3.58. The Morgan fingerprint density at radius 1 is 0.750 bits per heavy atom. The van der Waals surface area contributed by atoms with Gasteiger partial charge in [0.25, 0.3) is 0 Å². The Labute approximate surface area is 92.5 Å². The van der Waals surface area contributed by atoms with Crippen molar-refractivity contribution in [3.8, 4) is 0 Å². The van der Waals surface area contributed by atoms with Gasteiger partial charge >= 0.3 is 0 Å². The van der Waals surface area contributed by atoms with Crippen LogP contribution in [0.3, 0.4) is 0 Å². The molecule has 1 aliphatic carbocycles. The number of hydrogen-bond donors (Lipinski definition) is 0. The highest BCUT2D eigenvalue weighted by Crippen LogP contribution is 2.25. The fraction of sp³-hybridized carbons (Fsp3) is 0. The third-order valence-electron chi connectivity index (χ3n) is 2.66. The molecule has 0 aliphatic heterocycles. The molecule has 0 N–H and O–H groups in total. The number of carbonyl (C=O) groups excluding carboxylic acids is 2. The van der Waals surface area contributed by atoms with Gasteiger partial charge in [-0.2, -0.15) is 0 Å². The molecule has 0 aromatic heterocycles. The maximum absolute atomic E-state index is 12.1. The summed E-state index contributed by atoms with van der Waals surface area (Å²) in [6.45, 7) is 0. The van der Waals surface area contributed by atoms with Crippen molar-refractivity contribution in [2.75, 3.05) is 0 Å². The van der Waals surface area contributed by atoms with Crippen LogP contribution in [-0.2, 0) is 0 Å². The van der Waals surface area contributed by atoms with E-state index in [1.165, 1.54) is 0 Å². The first-order valence-corrected chi connectivity index (χ1v) is 4.90. The molecule has 0 heterocycles. The van der Waals surface area contributed by atoms with E-state index >= 15 is 0 Å². The van der Waals surface area contributed by atoms with Gasteiger partial charge in [0.1, 0.15) is 0 Å². The minimum Gasteiger partial charge on any atom is -0.289 e. The Bertz CT molecular complexity index is 506. The average molecular weight is 206 g/mol. The molecule has 3 rings (SSSR count). The molecule has 16 heavy (non-hydrogen) atoms. The summed E-state index contributed by atoms with van der Waals surface area (Å²) in [6, 6.07) is 15.6. The molecule has 2 nitrogen and oxygen atoms in total. The molecule has 1 aliphatic rings. The molecule has 2 heteroatoms. The van der Waals surface area contributed by atoms with Crippen molar-refractivity contribution in [2.24, 2.45) is 0 Å². The van der Waals surface area contributed by atoms with E-state index in [-0.39, 0.29) is 11.6 Å². The number of hydrogen-bond acceptors (Lipinski definition) is 2. The summed E-state index contributed by atoms with van der Waals surface area (Å²) in [4.78, 5) is 24.1. The van der Waals surface area contributed by atoms with Crippen molar-refractivity contribution in [3.05, 3.63) is 70.8 Å². The van der Waals surface area contributed by atoms with Crippen LogP contribution in [0.2, 0.25) is 0 Å². The smallest absolute Gasteiger partial charge is 0.195 e. The molecule has 2 aromatic rings. The lowest BCUT2D eigenvalue weighted by Gasteiger charge is -2.15. The molecule has 0 saturated heterocycles. The molecule has 2 aromatic carbocycles. The van der Waals surface area contributed by atoms with Gasteiger partial charge in [-0.25, -0.2) is 0 Å². The summed E-state index contributed by atoms with van der Waals surface area (Å²) in [6.07, 6.45) is 0. The van der Waals surface area contributed by atoms with Crippen molar-refractivity contribution in [2.45, 2.75) is 0 Å². The number of rotatable bonds is 0. The van der Waals surface area contributed by atoms with Crippen LogP contribution in [0.4, 0.5) is 0 Å². The van der Waals surface area contributed by atoms with Crippen LogP contribution in [0.5, 0.6) is 0 Å². The highest BCUT2D eigenvalue weighted by Gasteiger charge is 2.28. The van der Waals surface area contributed by atoms with Gasteiger partial charge in [0.2, 0.25) is 0 Å². The largest absolute Gasteiger partial charge is 0.289 e. The summed E-state index contributed by atoms with van der Waals surface area (Å²) in [5.74, 6) is -0.302. The Morgan fingerprint density at radius 3 is 1.62 bits per heavy atom. The van der Waals surface area contributed by atoms with Crippen LogP contribution in [0, 0.1) is 12.1 Å². The lowest BCUT2D eigenvalue weighted by Crippen LogP contribution is -2.20. The van der Waals surface area contributed by atoms with Crippen LogP contribution < -0.4 is 0 Å². The summed E-state index contributed by atoms with van der Waals surface area (Å²) in [7, 11) is 0. The lowest BCUT2D eigenvalue weighted by atomic mass is 9.84. The zero-order valence-electron chi connectivity index (χ0n) is 8.28. The molecular formula is C14H6O2. The molecule has 2 radical (unpaired) electrons. The fourth-order valence-corrected chi connectivity index (χ4v) is 1.90. The Kier molecular flexibility index (Phi) is 1.77. The average Bonchev–Trinajstić information content (AvgIpc) is 2.36. The van der Waals surface area contributed by atoms with E-state index in [0.717, 1.165) is 0 Å². The Balaban J connectivity index is 2.35. The van der Waals surface area contributed by atoms with Crippen LogP contribution >= 0.6 is 0 Å². The van der Waals surface area contributed by atoms with Gasteiger partial charge in [-0.15, -0.1) is 0 Å². The maximum atomic E-state index is 12.1. The summed E-state index contributed by atoms with van der Waals surface area (Å²) in [5, 5.41) is 0. The van der Waals surface area contributed by atoms with Crippen LogP contribution in [0.15, 0.2) is 36.4 Å². The standard InChI is InChI=1S/C14H6O2/c15-13-9-5-1-2-6-10(9)14(16)12-8-4-3-7-11(12)13/h1-6H. The monoisotopic (exact) mass is 206 g/mol. The van der Waals surface area contributed by atoms with E-state index in [1.807, 2.05) is 0 Å². The fourth-order valence-electron chi connectivity index (χ4n) is 1.90. The molecule has 0 atom stereocenters. The first-order valence-electron chi connectivity index (χ1n) is 4.90. The normalized spacial score (nSPS) is 13.2. The summed E-state index contributed by atoms with van der Waals surface area (Å²) < 4.78 is 0. The quantitative estimate of drug-likeness (QED) is 0.564. The molecular weight excluding hydrogens is 200 g/mol. The number of fused-ring (bicyclic) bond motifs is 2. The first kappa shape index (κ1) is 9.04. The van der Waals surface area contributed by atoms with Crippen LogP contribution in [0.25, 0.3) is 0 Å². The second-order valence-corrected chi connectivity index (χ2v) is 3.58. The number of ketones is 2. The van der Waals surface area contributed by atoms with Crippen molar-refractivity contribution in [3.63, 3.8) is 0 Å². The molecule has 0 saturated carbocycles. The second kappa shape index (κ2) is 3.14. The SMILES string of the molecule is O=C1c2[c]cc[c]c2C(=O)c2ccccc21. The van der Waals surface area contributed by atoms with Crippen molar-refractivity contribution >= 4 is 11.6 Å². The van der Waals surface area contributed by atoms with Gasteiger partial charge in [0.15, 0.2) is 11.6 Å². The Morgan fingerprint density at radius 2 is 1.19 bits per heavy atom. The lowest BCUT2D eigenvalue weighted by molar-refractivity contribution is 0.0978. The zero-order valence-corrected chi connectivity index (χ0v) is 8.28. The van der Waals surface area contributed by atoms with Gasteiger partial charge < -0.3 is 0 Å². The van der Waals surface area contributed by atoms with E-state index in [9.17, 15) is 9.59 Å². The molecule has 0 bridgehead atoms. The van der Waals surface area contributed by atoms with E-state index in [1.54, 1.807) is 36.4 Å². The predicted octanol–water partition coefficient (Wildman–Crippen LogP) is 2.06. The van der Waals surface area contributed by atoms with E-state index in [2.05, 4.69) is 12.1 Å². The summed E-state index contributed by atoms with van der Waals surface area (Å²) in [5.41, 5.74) is 1.56. The third kappa shape index (κ3) is 1.07. The molecule has 0 fully saturated rings. The third-order valence-corrected chi connectivity index (χ3v) is 2.66. The van der Waals surface area contributed by atoms with E-state index in [0.29, 0.717) is 22.3 Å². The van der Waals surface area contributed by atoms with Crippen LogP contribution in [0.1, 0.15) is 31.8 Å². The zero-order chi connectivity index (χ0) is 11.1. The van der Waals surface area contributed by atoms with Gasteiger partial charge in [0, 0.05) is 22.3 Å². The van der Waals surface area contributed by atoms with Gasteiger partial charge in [-0.1, -0.05) is 36.4 Å². The van der Waals surface area contributed by atoms with Gasteiger partial charge in [0.05, 0.1) is 0 Å². The van der Waals surface area contributed by atoms with Crippen molar-refractivity contribution < 1.29 is 9.59 Å². The predicted molar refractivity (Wildman–Crippen MR) is 57.4 cm³/mol. The maximum Gasteiger partial charge on any atom is 0.195 e. The van der Waals surface area contributed by atoms with E-state index < -0.39 is 0 Å².